The van der Waals surface area contributed by atoms with Gasteiger partial charge in [0.15, 0.2) is 5.66 Å². The molecule has 1 aliphatic rings. The van der Waals surface area contributed by atoms with Gasteiger partial charge in [0.25, 0.3) is 0 Å². The Balaban J connectivity index is 2.63. The van der Waals surface area contributed by atoms with Crippen LogP contribution in [0.3, 0.4) is 0 Å². The first kappa shape index (κ1) is 11.4. The normalized spacial score (nSPS) is 19.6. The fourth-order valence-electron chi connectivity index (χ4n) is 2.14. The number of rotatable bonds is 2. The predicted molar refractivity (Wildman–Crippen MR) is 68.2 cm³/mol. The van der Waals surface area contributed by atoms with Gasteiger partial charge in [0.1, 0.15) is 5.84 Å². The Labute approximate surface area is 100 Å². The van der Waals surface area contributed by atoms with E-state index in [0.717, 1.165) is 17.1 Å². The molecule has 0 saturated heterocycles. The second-order valence-corrected chi connectivity index (χ2v) is 4.07. The number of benzene rings is 1. The number of fused-ring (bicyclic) bond motifs is 1. The maximum absolute atomic E-state index is 6.03. The van der Waals surface area contributed by atoms with Gasteiger partial charge in [0, 0.05) is 23.3 Å². The molecule has 2 rings (SSSR count). The van der Waals surface area contributed by atoms with Gasteiger partial charge in [-0.2, -0.15) is 0 Å². The maximum atomic E-state index is 6.03. The molecule has 5 heteroatoms. The highest BCUT2D eigenvalue weighted by atomic mass is 35.5. The van der Waals surface area contributed by atoms with Crippen LogP contribution in [0.5, 0.6) is 0 Å². The van der Waals surface area contributed by atoms with Gasteiger partial charge in [-0.25, -0.2) is 0 Å². The predicted octanol–water partition coefficient (Wildman–Crippen LogP) is 1.39. The number of likely N-dealkylation sites (N-methyl/N-ethyl adjacent to an activating group) is 2. The standard InChI is InChI=1S/C11H15ClN4/c1-13-10-11(14-2,15-3)8-6-7(12)4-5-9(8)16-10/h4-6,14-15H,1-3H3,(H,13,16). The van der Waals surface area contributed by atoms with Gasteiger partial charge in [-0.05, 0) is 32.3 Å². The lowest BCUT2D eigenvalue weighted by molar-refractivity contribution is 0.430. The Morgan fingerprint density at radius 2 is 2.00 bits per heavy atom. The SMILES string of the molecule is CN=C1Nc2ccc(Cl)cc2C1(NC)NC. The van der Waals surface area contributed by atoms with Crippen molar-refractivity contribution in [3.8, 4) is 0 Å². The summed E-state index contributed by atoms with van der Waals surface area (Å²) in [5.41, 5.74) is 1.61. The summed E-state index contributed by atoms with van der Waals surface area (Å²) in [5.74, 6) is 0.842. The van der Waals surface area contributed by atoms with Crippen LogP contribution in [0.1, 0.15) is 5.56 Å². The quantitative estimate of drug-likeness (QED) is 0.683. The lowest BCUT2D eigenvalue weighted by Crippen LogP contribution is -2.55. The number of anilines is 1. The molecule has 1 aromatic carbocycles. The lowest BCUT2D eigenvalue weighted by Gasteiger charge is -2.29. The summed E-state index contributed by atoms with van der Waals surface area (Å²) >= 11 is 6.03. The highest BCUT2D eigenvalue weighted by molar-refractivity contribution is 6.31. The van der Waals surface area contributed by atoms with Crippen LogP contribution in [0.25, 0.3) is 0 Å². The fraction of sp³-hybridized carbons (Fsp3) is 0.364. The van der Waals surface area contributed by atoms with E-state index in [1.807, 2.05) is 32.3 Å². The van der Waals surface area contributed by atoms with Crippen molar-refractivity contribution >= 4 is 23.1 Å². The van der Waals surface area contributed by atoms with Crippen LogP contribution in [0, 0.1) is 0 Å². The third-order valence-electron chi connectivity index (χ3n) is 2.97. The van der Waals surface area contributed by atoms with E-state index in [-0.39, 0.29) is 0 Å². The van der Waals surface area contributed by atoms with E-state index in [1.165, 1.54) is 0 Å². The van der Waals surface area contributed by atoms with Gasteiger partial charge in [-0.15, -0.1) is 0 Å². The van der Waals surface area contributed by atoms with E-state index in [9.17, 15) is 0 Å². The molecular formula is C11H15ClN4. The molecule has 16 heavy (non-hydrogen) atoms. The number of aliphatic imine (C=N–C) groups is 1. The first-order valence-electron chi connectivity index (χ1n) is 5.10. The van der Waals surface area contributed by atoms with E-state index in [1.54, 1.807) is 7.05 Å². The van der Waals surface area contributed by atoms with E-state index in [4.69, 9.17) is 11.6 Å². The molecule has 0 bridgehead atoms. The number of halogens is 1. The minimum atomic E-state index is -0.477. The Kier molecular flexibility index (Phi) is 2.88. The number of hydrogen-bond donors (Lipinski definition) is 3. The Morgan fingerprint density at radius 1 is 1.31 bits per heavy atom. The van der Waals surface area contributed by atoms with Crippen LogP contribution in [-0.2, 0) is 5.66 Å². The molecule has 1 heterocycles. The molecule has 1 aromatic rings. The van der Waals surface area contributed by atoms with Gasteiger partial charge in [0.05, 0.1) is 0 Å². The summed E-state index contributed by atoms with van der Waals surface area (Å²) in [6.07, 6.45) is 0. The molecule has 0 saturated carbocycles. The summed E-state index contributed by atoms with van der Waals surface area (Å²) in [7, 11) is 5.54. The van der Waals surface area contributed by atoms with Crippen LogP contribution in [0.2, 0.25) is 5.02 Å². The van der Waals surface area contributed by atoms with Crippen LogP contribution in [0.15, 0.2) is 23.2 Å². The van der Waals surface area contributed by atoms with Crippen LogP contribution in [0.4, 0.5) is 5.69 Å². The van der Waals surface area contributed by atoms with Crippen LogP contribution >= 0.6 is 11.6 Å². The molecule has 0 fully saturated rings. The zero-order chi connectivity index (χ0) is 11.8. The monoisotopic (exact) mass is 238 g/mol. The topological polar surface area (TPSA) is 48.5 Å². The molecule has 0 amide bonds. The third kappa shape index (κ3) is 1.42. The summed E-state index contributed by atoms with van der Waals surface area (Å²) in [5, 5.41) is 10.5. The average molecular weight is 239 g/mol. The van der Waals surface area contributed by atoms with Crippen molar-refractivity contribution in [2.75, 3.05) is 26.5 Å². The number of nitrogens with one attached hydrogen (secondary N) is 3. The Morgan fingerprint density at radius 3 is 2.56 bits per heavy atom. The minimum absolute atomic E-state index is 0.477. The zero-order valence-corrected chi connectivity index (χ0v) is 10.3. The highest BCUT2D eigenvalue weighted by Gasteiger charge is 2.42. The van der Waals surface area contributed by atoms with Crippen molar-refractivity contribution in [2.24, 2.45) is 4.99 Å². The zero-order valence-electron chi connectivity index (χ0n) is 9.56. The summed E-state index contributed by atoms with van der Waals surface area (Å²) in [6.45, 7) is 0. The van der Waals surface area contributed by atoms with Crippen molar-refractivity contribution in [2.45, 2.75) is 5.66 Å². The molecule has 4 nitrogen and oxygen atoms in total. The lowest BCUT2D eigenvalue weighted by atomic mass is 10.0. The van der Waals surface area contributed by atoms with Crippen molar-refractivity contribution < 1.29 is 0 Å². The molecule has 3 N–H and O–H groups in total. The third-order valence-corrected chi connectivity index (χ3v) is 3.20. The van der Waals surface area contributed by atoms with E-state index in [2.05, 4.69) is 20.9 Å². The number of nitrogens with zero attached hydrogens (tertiary/aromatic N) is 1. The van der Waals surface area contributed by atoms with Gasteiger partial charge in [-0.1, -0.05) is 11.6 Å². The fourth-order valence-corrected chi connectivity index (χ4v) is 2.31. The van der Waals surface area contributed by atoms with E-state index in [0.29, 0.717) is 5.02 Å². The number of hydrogen-bond acceptors (Lipinski definition) is 3. The molecule has 0 unspecified atom stereocenters. The van der Waals surface area contributed by atoms with Crippen molar-refractivity contribution in [1.82, 2.24) is 10.6 Å². The van der Waals surface area contributed by atoms with Crippen molar-refractivity contribution in [1.29, 1.82) is 0 Å². The Hall–Kier alpha value is -1.10. The van der Waals surface area contributed by atoms with Gasteiger partial charge < -0.3 is 5.32 Å². The highest BCUT2D eigenvalue weighted by Crippen LogP contribution is 2.35. The maximum Gasteiger partial charge on any atom is 0.156 e. The van der Waals surface area contributed by atoms with Crippen LogP contribution in [-0.4, -0.2) is 27.0 Å². The Bertz CT molecular complexity index is 438. The molecular weight excluding hydrogens is 224 g/mol. The largest absolute Gasteiger partial charge is 0.341 e. The van der Waals surface area contributed by atoms with Crippen molar-refractivity contribution in [3.63, 3.8) is 0 Å². The average Bonchev–Trinajstić information content (AvgIpc) is 2.62. The van der Waals surface area contributed by atoms with E-state index >= 15 is 0 Å². The number of amidine groups is 1. The van der Waals surface area contributed by atoms with Crippen molar-refractivity contribution in [3.05, 3.63) is 28.8 Å². The molecule has 0 spiro atoms. The summed E-state index contributed by atoms with van der Waals surface area (Å²) < 4.78 is 0. The summed E-state index contributed by atoms with van der Waals surface area (Å²) in [6, 6.07) is 5.76. The second kappa shape index (κ2) is 4.05. The molecule has 0 aliphatic carbocycles. The molecule has 86 valence electrons. The summed E-state index contributed by atoms with van der Waals surface area (Å²) in [4.78, 5) is 4.26. The van der Waals surface area contributed by atoms with E-state index < -0.39 is 5.66 Å². The molecule has 1 aliphatic heterocycles. The second-order valence-electron chi connectivity index (χ2n) is 3.64. The molecule has 0 radical (unpaired) electrons. The molecule has 0 aromatic heterocycles. The van der Waals surface area contributed by atoms with Gasteiger partial charge in [0.2, 0.25) is 0 Å². The first-order valence-corrected chi connectivity index (χ1v) is 5.48. The minimum Gasteiger partial charge on any atom is -0.341 e. The van der Waals surface area contributed by atoms with Gasteiger partial charge >= 0.3 is 0 Å². The first-order chi connectivity index (χ1) is 7.67. The smallest absolute Gasteiger partial charge is 0.156 e. The molecule has 0 atom stereocenters. The van der Waals surface area contributed by atoms with Gasteiger partial charge in [-0.3, -0.25) is 15.6 Å². The van der Waals surface area contributed by atoms with Crippen LogP contribution < -0.4 is 16.0 Å².